The van der Waals surface area contributed by atoms with Gasteiger partial charge in [0.2, 0.25) is 5.91 Å². The van der Waals surface area contributed by atoms with Gasteiger partial charge in [0.1, 0.15) is 11.5 Å². The van der Waals surface area contributed by atoms with Crippen LogP contribution in [-0.2, 0) is 4.79 Å². The Morgan fingerprint density at radius 3 is 2.80 bits per heavy atom. The molecular formula is C15H25N3O2. The molecule has 1 aromatic rings. The van der Waals surface area contributed by atoms with Crippen molar-refractivity contribution in [1.29, 1.82) is 0 Å². The summed E-state index contributed by atoms with van der Waals surface area (Å²) in [6.07, 6.45) is 3.74. The van der Waals surface area contributed by atoms with Gasteiger partial charge in [-0.05, 0) is 44.9 Å². The molecule has 5 nitrogen and oxygen atoms in total. The van der Waals surface area contributed by atoms with E-state index in [0.717, 1.165) is 43.7 Å². The Morgan fingerprint density at radius 1 is 1.50 bits per heavy atom. The normalized spacial score (nSPS) is 23.4. The molecule has 0 aromatic carbocycles. The lowest BCUT2D eigenvalue weighted by Crippen LogP contribution is -2.53. The van der Waals surface area contributed by atoms with Gasteiger partial charge in [-0.2, -0.15) is 0 Å². The second-order valence-corrected chi connectivity index (χ2v) is 5.62. The van der Waals surface area contributed by atoms with Gasteiger partial charge in [0.15, 0.2) is 0 Å². The zero-order chi connectivity index (χ0) is 14.7. The van der Waals surface area contributed by atoms with E-state index in [-0.39, 0.29) is 24.0 Å². The summed E-state index contributed by atoms with van der Waals surface area (Å²) >= 11 is 0. The minimum Gasteiger partial charge on any atom is -0.465 e. The summed E-state index contributed by atoms with van der Waals surface area (Å²) in [6, 6.07) is 3.51. The largest absolute Gasteiger partial charge is 0.465 e. The molecule has 0 bridgehead atoms. The van der Waals surface area contributed by atoms with E-state index < -0.39 is 0 Å². The highest BCUT2D eigenvalue weighted by atomic mass is 16.3. The summed E-state index contributed by atoms with van der Waals surface area (Å²) in [4.78, 5) is 13.9. The van der Waals surface area contributed by atoms with Crippen LogP contribution in [0.25, 0.3) is 0 Å². The lowest BCUT2D eigenvalue weighted by molar-refractivity contribution is -0.126. The molecule has 0 saturated carbocycles. The summed E-state index contributed by atoms with van der Waals surface area (Å²) < 4.78 is 5.78. The number of carbonyl (C=O) groups excluding carboxylic acids is 1. The van der Waals surface area contributed by atoms with Crippen molar-refractivity contribution in [2.24, 2.45) is 11.5 Å². The molecular weight excluding hydrogens is 254 g/mol. The zero-order valence-electron chi connectivity index (χ0n) is 12.3. The zero-order valence-corrected chi connectivity index (χ0v) is 12.3. The molecule has 20 heavy (non-hydrogen) atoms. The van der Waals surface area contributed by atoms with Crippen molar-refractivity contribution in [3.8, 4) is 0 Å². The molecule has 0 radical (unpaired) electrons. The number of aryl methyl sites for hydroxylation is 1. The Bertz CT molecular complexity index is 458. The monoisotopic (exact) mass is 279 g/mol. The number of piperidine rings is 1. The Hall–Kier alpha value is -1.33. The average molecular weight is 279 g/mol. The molecule has 0 aliphatic carbocycles. The molecule has 3 unspecified atom stereocenters. The molecule has 5 heteroatoms. The summed E-state index contributed by atoms with van der Waals surface area (Å²) in [5.41, 5.74) is 11.9. The first-order valence-electron chi connectivity index (χ1n) is 7.41. The van der Waals surface area contributed by atoms with E-state index in [2.05, 4.69) is 11.8 Å². The van der Waals surface area contributed by atoms with Crippen LogP contribution >= 0.6 is 0 Å². The van der Waals surface area contributed by atoms with Crippen molar-refractivity contribution in [2.45, 2.75) is 57.7 Å². The lowest BCUT2D eigenvalue weighted by Gasteiger charge is -2.41. The average Bonchev–Trinajstić information content (AvgIpc) is 2.85. The van der Waals surface area contributed by atoms with Gasteiger partial charge in [-0.1, -0.05) is 13.3 Å². The van der Waals surface area contributed by atoms with Crippen LogP contribution in [0.2, 0.25) is 0 Å². The van der Waals surface area contributed by atoms with Crippen molar-refractivity contribution in [3.63, 3.8) is 0 Å². The summed E-state index contributed by atoms with van der Waals surface area (Å²) in [5, 5.41) is 0. The second-order valence-electron chi connectivity index (χ2n) is 5.62. The summed E-state index contributed by atoms with van der Waals surface area (Å²) in [6.45, 7) is 4.81. The van der Waals surface area contributed by atoms with Gasteiger partial charge < -0.3 is 15.9 Å². The highest BCUT2D eigenvalue weighted by Crippen LogP contribution is 2.32. The maximum Gasteiger partial charge on any atom is 0.234 e. The molecule has 112 valence electrons. The number of primary amides is 1. The molecule has 4 N–H and O–H groups in total. The number of nitrogens with two attached hydrogens (primary N) is 2. The van der Waals surface area contributed by atoms with Crippen molar-refractivity contribution >= 4 is 5.91 Å². The number of rotatable bonds is 5. The summed E-state index contributed by atoms with van der Waals surface area (Å²) in [5.74, 6) is 1.44. The van der Waals surface area contributed by atoms with E-state index in [9.17, 15) is 4.79 Å². The van der Waals surface area contributed by atoms with Crippen LogP contribution in [0.3, 0.4) is 0 Å². The van der Waals surface area contributed by atoms with Gasteiger partial charge in [0, 0.05) is 6.04 Å². The topological polar surface area (TPSA) is 85.5 Å². The predicted molar refractivity (Wildman–Crippen MR) is 78.0 cm³/mol. The molecule has 1 amide bonds. The maximum atomic E-state index is 11.7. The number of carbonyl (C=O) groups is 1. The van der Waals surface area contributed by atoms with Crippen LogP contribution in [0.4, 0.5) is 0 Å². The third kappa shape index (κ3) is 3.04. The Labute approximate surface area is 120 Å². The third-order valence-corrected chi connectivity index (χ3v) is 4.16. The first kappa shape index (κ1) is 15.1. The molecule has 1 aliphatic heterocycles. The molecule has 1 aliphatic rings. The molecule has 1 aromatic heterocycles. The van der Waals surface area contributed by atoms with Crippen molar-refractivity contribution in [2.75, 3.05) is 6.54 Å². The SMILES string of the molecule is CCC(N)C(c1ccc(C)o1)N1CCCCC1C(N)=O. The standard InChI is InChI=1S/C15H25N3O2/c1-3-11(16)14(13-8-7-10(2)20-13)18-9-5-4-6-12(18)15(17)19/h7-8,11-12,14H,3-6,9,16H2,1-2H3,(H2,17,19). The number of likely N-dealkylation sites (tertiary alicyclic amines) is 1. The first-order chi connectivity index (χ1) is 9.54. The molecule has 2 rings (SSSR count). The van der Waals surface area contributed by atoms with Crippen LogP contribution in [-0.4, -0.2) is 29.4 Å². The minimum absolute atomic E-state index is 0.0690. The number of hydrogen-bond acceptors (Lipinski definition) is 4. The van der Waals surface area contributed by atoms with Crippen LogP contribution in [0.5, 0.6) is 0 Å². The minimum atomic E-state index is -0.263. The van der Waals surface area contributed by atoms with Gasteiger partial charge >= 0.3 is 0 Å². The fourth-order valence-electron chi connectivity index (χ4n) is 3.05. The second kappa shape index (κ2) is 6.41. The van der Waals surface area contributed by atoms with Gasteiger partial charge in [-0.3, -0.25) is 9.69 Å². The van der Waals surface area contributed by atoms with Crippen LogP contribution in [0, 0.1) is 6.92 Å². The Kier molecular flexibility index (Phi) is 4.83. The third-order valence-electron chi connectivity index (χ3n) is 4.16. The Balaban J connectivity index is 2.31. The smallest absolute Gasteiger partial charge is 0.234 e. The molecule has 2 heterocycles. The van der Waals surface area contributed by atoms with Crippen LogP contribution < -0.4 is 11.5 Å². The van der Waals surface area contributed by atoms with E-state index in [4.69, 9.17) is 15.9 Å². The fraction of sp³-hybridized carbons (Fsp3) is 0.667. The Morgan fingerprint density at radius 2 is 2.25 bits per heavy atom. The van der Waals surface area contributed by atoms with Gasteiger partial charge in [-0.15, -0.1) is 0 Å². The molecule has 1 saturated heterocycles. The van der Waals surface area contributed by atoms with Crippen LogP contribution in [0.15, 0.2) is 16.5 Å². The van der Waals surface area contributed by atoms with Crippen LogP contribution in [0.1, 0.15) is 50.2 Å². The highest BCUT2D eigenvalue weighted by Gasteiger charge is 2.37. The van der Waals surface area contributed by atoms with Gasteiger partial charge in [0.25, 0.3) is 0 Å². The van der Waals surface area contributed by atoms with E-state index >= 15 is 0 Å². The van der Waals surface area contributed by atoms with E-state index in [1.807, 2.05) is 19.1 Å². The van der Waals surface area contributed by atoms with E-state index in [1.54, 1.807) is 0 Å². The highest BCUT2D eigenvalue weighted by molar-refractivity contribution is 5.80. The predicted octanol–water partition coefficient (Wildman–Crippen LogP) is 1.71. The quantitative estimate of drug-likeness (QED) is 0.859. The molecule has 3 atom stereocenters. The van der Waals surface area contributed by atoms with Gasteiger partial charge in [0.05, 0.1) is 12.1 Å². The summed E-state index contributed by atoms with van der Waals surface area (Å²) in [7, 11) is 0. The van der Waals surface area contributed by atoms with Gasteiger partial charge in [-0.25, -0.2) is 0 Å². The number of hydrogen-bond donors (Lipinski definition) is 2. The fourth-order valence-corrected chi connectivity index (χ4v) is 3.05. The molecule has 0 spiro atoms. The number of furan rings is 1. The number of nitrogens with zero attached hydrogens (tertiary/aromatic N) is 1. The van der Waals surface area contributed by atoms with E-state index in [1.165, 1.54) is 0 Å². The van der Waals surface area contributed by atoms with Crippen molar-refractivity contribution in [3.05, 3.63) is 23.7 Å². The van der Waals surface area contributed by atoms with Crippen molar-refractivity contribution in [1.82, 2.24) is 4.90 Å². The first-order valence-corrected chi connectivity index (χ1v) is 7.41. The lowest BCUT2D eigenvalue weighted by atomic mass is 9.94. The maximum absolute atomic E-state index is 11.7. The number of amides is 1. The molecule has 1 fully saturated rings. The van der Waals surface area contributed by atoms with Crippen molar-refractivity contribution < 1.29 is 9.21 Å². The van der Waals surface area contributed by atoms with E-state index in [0.29, 0.717) is 0 Å².